The molecule has 0 aliphatic rings. The lowest BCUT2D eigenvalue weighted by atomic mass is 9.93. The fraction of sp³-hybridized carbons (Fsp3) is 0.455. The van der Waals surface area contributed by atoms with Crippen molar-refractivity contribution in [2.24, 2.45) is 5.73 Å². The number of aryl methyl sites for hydroxylation is 3. The van der Waals surface area contributed by atoms with E-state index in [2.05, 4.69) is 0 Å². The molecular weight excluding hydrogens is 430 g/mol. The SMILES string of the molecule is Cc1ccc(CCCOc2ccc(CCC(N)(CO)CO[PH2]=O)cc2C(F)(F)F)cc1. The molecule has 0 fully saturated rings. The molecule has 0 saturated carbocycles. The van der Waals surface area contributed by atoms with Crippen molar-refractivity contribution in [1.29, 1.82) is 0 Å². The molecule has 9 heteroatoms. The average Bonchev–Trinajstić information content (AvgIpc) is 2.75. The van der Waals surface area contributed by atoms with Crippen LogP contribution in [0.15, 0.2) is 42.5 Å². The van der Waals surface area contributed by atoms with Gasteiger partial charge in [-0.25, -0.2) is 0 Å². The standard InChI is InChI=1S/C22H29F3NO4P/c1-16-4-6-17(7-5-16)3-2-12-29-20-9-8-18(13-19(20)22(23,24)25)10-11-21(26,14-27)15-30-31-28/h4-9,13,27H,2-3,10-12,14-15,26,31H2,1H3. The molecule has 5 nitrogen and oxygen atoms in total. The second kappa shape index (κ2) is 11.7. The van der Waals surface area contributed by atoms with Gasteiger partial charge in [0.1, 0.15) is 5.75 Å². The largest absolute Gasteiger partial charge is 0.493 e. The quantitative estimate of drug-likeness (QED) is 0.365. The monoisotopic (exact) mass is 459 g/mol. The number of rotatable bonds is 12. The molecular formula is C22H29F3NO4P. The van der Waals surface area contributed by atoms with Gasteiger partial charge in [-0.2, -0.15) is 13.2 Å². The van der Waals surface area contributed by atoms with Gasteiger partial charge in [-0.3, -0.25) is 4.57 Å². The predicted octanol–water partition coefficient (Wildman–Crippen LogP) is 4.34. The lowest BCUT2D eigenvalue weighted by molar-refractivity contribution is -0.139. The van der Waals surface area contributed by atoms with Gasteiger partial charge in [0.25, 0.3) is 0 Å². The molecule has 0 spiro atoms. The van der Waals surface area contributed by atoms with Crippen LogP contribution in [0.3, 0.4) is 0 Å². The van der Waals surface area contributed by atoms with E-state index >= 15 is 0 Å². The van der Waals surface area contributed by atoms with Gasteiger partial charge in [0.15, 0.2) is 8.69 Å². The molecule has 2 unspecified atom stereocenters. The summed E-state index contributed by atoms with van der Waals surface area (Å²) in [5.74, 6) is -0.209. The van der Waals surface area contributed by atoms with E-state index in [1.807, 2.05) is 31.2 Å². The van der Waals surface area contributed by atoms with E-state index in [1.54, 1.807) is 6.07 Å². The highest BCUT2D eigenvalue weighted by Crippen LogP contribution is 2.37. The van der Waals surface area contributed by atoms with Gasteiger partial charge in [0.2, 0.25) is 0 Å². The minimum Gasteiger partial charge on any atom is -0.493 e. The number of aliphatic hydroxyl groups is 1. The van der Waals surface area contributed by atoms with Crippen LogP contribution < -0.4 is 10.5 Å². The van der Waals surface area contributed by atoms with Gasteiger partial charge in [-0.1, -0.05) is 35.9 Å². The number of hydrogen-bond acceptors (Lipinski definition) is 5. The van der Waals surface area contributed by atoms with Crippen molar-refractivity contribution in [3.63, 3.8) is 0 Å². The van der Waals surface area contributed by atoms with Crippen LogP contribution >= 0.6 is 8.69 Å². The number of aliphatic hydroxyl groups excluding tert-OH is 1. The fourth-order valence-corrected chi connectivity index (χ4v) is 3.48. The molecule has 2 aromatic rings. The molecule has 0 aliphatic heterocycles. The molecule has 0 saturated heterocycles. The van der Waals surface area contributed by atoms with Crippen molar-refractivity contribution in [1.82, 2.24) is 0 Å². The Morgan fingerprint density at radius 1 is 1.06 bits per heavy atom. The molecule has 172 valence electrons. The Kier molecular flexibility index (Phi) is 9.56. The number of nitrogens with two attached hydrogens (primary N) is 1. The first-order chi connectivity index (χ1) is 14.7. The van der Waals surface area contributed by atoms with E-state index in [1.165, 1.54) is 6.07 Å². The Morgan fingerprint density at radius 2 is 1.74 bits per heavy atom. The maximum atomic E-state index is 13.6. The van der Waals surface area contributed by atoms with Gasteiger partial charge in [-0.05, 0) is 55.9 Å². The summed E-state index contributed by atoms with van der Waals surface area (Å²) in [5, 5.41) is 9.44. The van der Waals surface area contributed by atoms with Crippen molar-refractivity contribution < 1.29 is 32.1 Å². The van der Waals surface area contributed by atoms with Crippen molar-refractivity contribution in [2.45, 2.75) is 44.3 Å². The second-order valence-corrected chi connectivity index (χ2v) is 8.22. The number of ether oxygens (including phenoxy) is 1. The summed E-state index contributed by atoms with van der Waals surface area (Å²) in [6.45, 7) is 1.60. The van der Waals surface area contributed by atoms with Gasteiger partial charge >= 0.3 is 6.18 Å². The molecule has 2 rings (SSSR count). The van der Waals surface area contributed by atoms with E-state index in [-0.39, 0.29) is 31.8 Å². The first kappa shape index (κ1) is 25.4. The zero-order valence-electron chi connectivity index (χ0n) is 17.5. The molecule has 0 amide bonds. The van der Waals surface area contributed by atoms with Crippen LogP contribution in [-0.4, -0.2) is 30.5 Å². The molecule has 0 radical (unpaired) electrons. The summed E-state index contributed by atoms with van der Waals surface area (Å²) >= 11 is 0. The van der Waals surface area contributed by atoms with E-state index in [0.717, 1.165) is 17.2 Å². The Labute approximate surface area is 181 Å². The smallest absolute Gasteiger partial charge is 0.419 e. The highest BCUT2D eigenvalue weighted by Gasteiger charge is 2.35. The van der Waals surface area contributed by atoms with E-state index in [9.17, 15) is 22.8 Å². The van der Waals surface area contributed by atoms with Crippen molar-refractivity contribution in [3.8, 4) is 5.75 Å². The molecule has 0 aromatic heterocycles. The lowest BCUT2D eigenvalue weighted by Gasteiger charge is -2.26. The van der Waals surface area contributed by atoms with Crippen molar-refractivity contribution >= 4 is 8.69 Å². The maximum absolute atomic E-state index is 13.6. The Morgan fingerprint density at radius 3 is 2.35 bits per heavy atom. The number of benzene rings is 2. The average molecular weight is 459 g/mol. The molecule has 0 aliphatic carbocycles. The maximum Gasteiger partial charge on any atom is 0.419 e. The van der Waals surface area contributed by atoms with Gasteiger partial charge in [0, 0.05) is 0 Å². The third-order valence-electron chi connectivity index (χ3n) is 5.00. The Bertz CT molecular complexity index is 846. The molecule has 0 bridgehead atoms. The summed E-state index contributed by atoms with van der Waals surface area (Å²) in [6.07, 6.45) is -2.88. The zero-order valence-corrected chi connectivity index (χ0v) is 18.6. The minimum absolute atomic E-state index is 0.128. The van der Waals surface area contributed by atoms with Crippen LogP contribution in [0.2, 0.25) is 0 Å². The van der Waals surface area contributed by atoms with Gasteiger partial charge in [0.05, 0.1) is 30.9 Å². The lowest BCUT2D eigenvalue weighted by Crippen LogP contribution is -2.47. The van der Waals surface area contributed by atoms with Crippen LogP contribution in [0.5, 0.6) is 5.75 Å². The number of halogens is 3. The third-order valence-corrected chi connectivity index (χ3v) is 5.31. The summed E-state index contributed by atoms with van der Waals surface area (Å²) < 4.78 is 61.5. The van der Waals surface area contributed by atoms with Crippen LogP contribution in [0, 0.1) is 6.92 Å². The van der Waals surface area contributed by atoms with Crippen LogP contribution in [0.1, 0.15) is 35.1 Å². The zero-order chi connectivity index (χ0) is 22.9. The Balaban J connectivity index is 2.00. The number of hydrogen-bond donors (Lipinski definition) is 2. The minimum atomic E-state index is -4.56. The summed E-state index contributed by atoms with van der Waals surface area (Å²) in [5.41, 5.74) is 6.64. The highest BCUT2D eigenvalue weighted by molar-refractivity contribution is 7.17. The molecule has 2 atom stereocenters. The van der Waals surface area contributed by atoms with Crippen molar-refractivity contribution in [3.05, 3.63) is 64.7 Å². The van der Waals surface area contributed by atoms with E-state index < -0.39 is 32.6 Å². The first-order valence-electron chi connectivity index (χ1n) is 10.0. The van der Waals surface area contributed by atoms with Gasteiger partial charge in [-0.15, -0.1) is 0 Å². The summed E-state index contributed by atoms with van der Waals surface area (Å²) in [7, 11) is -1.47. The summed E-state index contributed by atoms with van der Waals surface area (Å²) in [6, 6.07) is 11.9. The third kappa shape index (κ3) is 8.30. The normalized spacial score (nSPS) is 14.1. The highest BCUT2D eigenvalue weighted by atomic mass is 31.1. The van der Waals surface area contributed by atoms with Crippen LogP contribution in [-0.2, 0) is 28.1 Å². The summed E-state index contributed by atoms with van der Waals surface area (Å²) in [4.78, 5) is 0. The van der Waals surface area contributed by atoms with Crippen LogP contribution in [0.4, 0.5) is 13.2 Å². The second-order valence-electron chi connectivity index (χ2n) is 7.69. The predicted molar refractivity (Wildman–Crippen MR) is 115 cm³/mol. The Hall–Kier alpha value is -1.86. The molecule has 31 heavy (non-hydrogen) atoms. The number of alkyl halides is 3. The van der Waals surface area contributed by atoms with Crippen LogP contribution in [0.25, 0.3) is 0 Å². The van der Waals surface area contributed by atoms with Crippen molar-refractivity contribution in [2.75, 3.05) is 19.8 Å². The molecule has 2 aromatic carbocycles. The van der Waals surface area contributed by atoms with Gasteiger partial charge < -0.3 is 20.1 Å². The molecule has 3 N–H and O–H groups in total. The fourth-order valence-electron chi connectivity index (χ4n) is 3.08. The van der Waals surface area contributed by atoms with E-state index in [4.69, 9.17) is 15.0 Å². The topological polar surface area (TPSA) is 81.8 Å². The van der Waals surface area contributed by atoms with E-state index in [0.29, 0.717) is 18.4 Å². The first-order valence-corrected chi connectivity index (χ1v) is 10.9. The molecule has 0 heterocycles.